The Kier molecular flexibility index (Phi) is 6.36. The van der Waals surface area contributed by atoms with Crippen molar-refractivity contribution in [2.45, 2.75) is 46.1 Å². The molecule has 0 amide bonds. The van der Waals surface area contributed by atoms with Crippen molar-refractivity contribution in [3.05, 3.63) is 0 Å². The van der Waals surface area contributed by atoms with Crippen molar-refractivity contribution in [1.82, 2.24) is 0 Å². The molecule has 0 heterocycles. The fourth-order valence-corrected chi connectivity index (χ4v) is 2.72. The first kappa shape index (κ1) is 13.9. The zero-order chi connectivity index (χ0) is 11.2. The first-order chi connectivity index (χ1) is 6.33. The normalized spacial score (nSPS) is 14.6. The van der Waals surface area contributed by atoms with Gasteiger partial charge in [-0.15, -0.1) is 0 Å². The highest BCUT2D eigenvalue weighted by Crippen LogP contribution is 2.07. The molecule has 1 unspecified atom stereocenters. The first-order valence-electron chi connectivity index (χ1n) is 5.29. The van der Waals surface area contributed by atoms with Crippen molar-refractivity contribution in [3.63, 3.8) is 0 Å². The summed E-state index contributed by atoms with van der Waals surface area (Å²) in [5, 5.41) is 0. The largest absolute Gasteiger partial charge is 0.328 e. The van der Waals surface area contributed by atoms with E-state index in [2.05, 4.69) is 13.8 Å². The molecule has 3 nitrogen and oxygen atoms in total. The lowest BCUT2D eigenvalue weighted by Crippen LogP contribution is -2.21. The summed E-state index contributed by atoms with van der Waals surface area (Å²) < 4.78 is 22.9. The third-order valence-corrected chi connectivity index (χ3v) is 3.89. The lowest BCUT2D eigenvalue weighted by atomic mass is 10.1. The molecular formula is C10H23NO2S. The SMILES string of the molecule is CC(C)CCCS(=O)(=O)CCC(C)N. The zero-order valence-electron chi connectivity index (χ0n) is 9.49. The van der Waals surface area contributed by atoms with Crippen molar-refractivity contribution in [2.24, 2.45) is 11.7 Å². The van der Waals surface area contributed by atoms with Crippen LogP contribution in [0.5, 0.6) is 0 Å². The molecule has 0 aliphatic heterocycles. The van der Waals surface area contributed by atoms with Gasteiger partial charge in [0.1, 0.15) is 9.84 Å². The van der Waals surface area contributed by atoms with Gasteiger partial charge in [-0.2, -0.15) is 0 Å². The highest BCUT2D eigenvalue weighted by Gasteiger charge is 2.11. The maximum Gasteiger partial charge on any atom is 0.150 e. The van der Waals surface area contributed by atoms with Gasteiger partial charge in [0.2, 0.25) is 0 Å². The van der Waals surface area contributed by atoms with E-state index >= 15 is 0 Å². The van der Waals surface area contributed by atoms with Crippen LogP contribution >= 0.6 is 0 Å². The number of sulfone groups is 1. The van der Waals surface area contributed by atoms with Crippen LogP contribution < -0.4 is 5.73 Å². The molecule has 4 heteroatoms. The van der Waals surface area contributed by atoms with Crippen LogP contribution in [0.15, 0.2) is 0 Å². The zero-order valence-corrected chi connectivity index (χ0v) is 10.3. The molecular weight excluding hydrogens is 198 g/mol. The number of hydrogen-bond donors (Lipinski definition) is 1. The Labute approximate surface area is 88.0 Å². The Morgan fingerprint density at radius 1 is 1.07 bits per heavy atom. The minimum absolute atomic E-state index is 0.0186. The monoisotopic (exact) mass is 221 g/mol. The third-order valence-electron chi connectivity index (χ3n) is 2.12. The van der Waals surface area contributed by atoms with Gasteiger partial charge in [0.05, 0.1) is 11.5 Å². The van der Waals surface area contributed by atoms with E-state index in [4.69, 9.17) is 5.73 Å². The molecule has 0 spiro atoms. The molecule has 0 radical (unpaired) electrons. The molecule has 1 atom stereocenters. The Morgan fingerprint density at radius 2 is 1.64 bits per heavy atom. The van der Waals surface area contributed by atoms with Crippen molar-refractivity contribution in [2.75, 3.05) is 11.5 Å². The van der Waals surface area contributed by atoms with Gasteiger partial charge in [0, 0.05) is 6.04 Å². The van der Waals surface area contributed by atoms with Crippen LogP contribution in [0.3, 0.4) is 0 Å². The van der Waals surface area contributed by atoms with Crippen molar-refractivity contribution < 1.29 is 8.42 Å². The summed E-state index contributed by atoms with van der Waals surface area (Å²) in [5.74, 6) is 1.14. The second-order valence-corrected chi connectivity index (χ2v) is 6.76. The average molecular weight is 221 g/mol. The van der Waals surface area contributed by atoms with E-state index in [0.29, 0.717) is 18.1 Å². The van der Waals surface area contributed by atoms with Crippen LogP contribution in [0.1, 0.15) is 40.0 Å². The molecule has 14 heavy (non-hydrogen) atoms. The first-order valence-corrected chi connectivity index (χ1v) is 7.11. The second-order valence-electron chi connectivity index (χ2n) is 4.45. The summed E-state index contributed by atoms with van der Waals surface area (Å²) in [6.07, 6.45) is 2.33. The van der Waals surface area contributed by atoms with Crippen LogP contribution in [0.2, 0.25) is 0 Å². The van der Waals surface area contributed by atoms with Crippen LogP contribution in [-0.4, -0.2) is 26.0 Å². The molecule has 0 rings (SSSR count). The quantitative estimate of drug-likeness (QED) is 0.710. The Balaban J connectivity index is 3.73. The van der Waals surface area contributed by atoms with E-state index in [0.717, 1.165) is 12.8 Å². The van der Waals surface area contributed by atoms with E-state index in [1.807, 2.05) is 6.92 Å². The predicted octanol–water partition coefficient (Wildman–Crippen LogP) is 1.57. The molecule has 0 aliphatic rings. The topological polar surface area (TPSA) is 60.2 Å². The maximum atomic E-state index is 11.5. The summed E-state index contributed by atoms with van der Waals surface area (Å²) in [5.41, 5.74) is 5.51. The summed E-state index contributed by atoms with van der Waals surface area (Å²) in [7, 11) is -2.85. The summed E-state index contributed by atoms with van der Waals surface area (Å²) >= 11 is 0. The third kappa shape index (κ3) is 8.51. The minimum atomic E-state index is -2.85. The van der Waals surface area contributed by atoms with Crippen molar-refractivity contribution in [1.29, 1.82) is 0 Å². The fraction of sp³-hybridized carbons (Fsp3) is 1.00. The van der Waals surface area contributed by atoms with Gasteiger partial charge in [-0.25, -0.2) is 8.42 Å². The molecule has 0 fully saturated rings. The van der Waals surface area contributed by atoms with Gasteiger partial charge in [-0.1, -0.05) is 20.3 Å². The number of rotatable bonds is 7. The summed E-state index contributed by atoms with van der Waals surface area (Å²) in [4.78, 5) is 0. The van der Waals surface area contributed by atoms with E-state index in [1.165, 1.54) is 0 Å². The smallest absolute Gasteiger partial charge is 0.150 e. The number of hydrogen-bond acceptors (Lipinski definition) is 3. The molecule has 0 bridgehead atoms. The lowest BCUT2D eigenvalue weighted by molar-refractivity contribution is 0.557. The van der Waals surface area contributed by atoms with E-state index in [9.17, 15) is 8.42 Å². The molecule has 86 valence electrons. The van der Waals surface area contributed by atoms with Crippen LogP contribution in [0.25, 0.3) is 0 Å². The van der Waals surface area contributed by atoms with Gasteiger partial charge in [0.25, 0.3) is 0 Å². The summed E-state index contributed by atoms with van der Waals surface area (Å²) in [6.45, 7) is 6.05. The van der Waals surface area contributed by atoms with Gasteiger partial charge in [-0.3, -0.25) is 0 Å². The predicted molar refractivity (Wildman–Crippen MR) is 61.0 cm³/mol. The highest BCUT2D eigenvalue weighted by atomic mass is 32.2. The lowest BCUT2D eigenvalue weighted by Gasteiger charge is -2.07. The molecule has 2 N–H and O–H groups in total. The van der Waals surface area contributed by atoms with Crippen molar-refractivity contribution in [3.8, 4) is 0 Å². The van der Waals surface area contributed by atoms with Gasteiger partial charge in [0.15, 0.2) is 0 Å². The van der Waals surface area contributed by atoms with Gasteiger partial charge < -0.3 is 5.73 Å². The average Bonchev–Trinajstić information content (AvgIpc) is 2.00. The second kappa shape index (κ2) is 6.40. The maximum absolute atomic E-state index is 11.5. The molecule has 0 saturated heterocycles. The van der Waals surface area contributed by atoms with E-state index in [1.54, 1.807) is 0 Å². The van der Waals surface area contributed by atoms with E-state index < -0.39 is 9.84 Å². The van der Waals surface area contributed by atoms with Gasteiger partial charge in [-0.05, 0) is 25.7 Å². The number of nitrogens with two attached hydrogens (primary N) is 1. The van der Waals surface area contributed by atoms with Crippen LogP contribution in [-0.2, 0) is 9.84 Å². The summed E-state index contributed by atoms with van der Waals surface area (Å²) in [6, 6.07) is -0.0186. The molecule has 0 aliphatic carbocycles. The Hall–Kier alpha value is -0.0900. The van der Waals surface area contributed by atoms with Gasteiger partial charge >= 0.3 is 0 Å². The fourth-order valence-electron chi connectivity index (χ4n) is 1.18. The van der Waals surface area contributed by atoms with Crippen LogP contribution in [0.4, 0.5) is 0 Å². The van der Waals surface area contributed by atoms with Crippen LogP contribution in [0, 0.1) is 5.92 Å². The molecule has 0 saturated carbocycles. The van der Waals surface area contributed by atoms with E-state index in [-0.39, 0.29) is 11.8 Å². The minimum Gasteiger partial charge on any atom is -0.328 e. The molecule has 0 aromatic carbocycles. The standard InChI is InChI=1S/C10H23NO2S/c1-9(2)5-4-7-14(12,13)8-6-10(3)11/h9-10H,4-8,11H2,1-3H3. The molecule has 0 aromatic rings. The molecule has 0 aromatic heterocycles. The highest BCUT2D eigenvalue weighted by molar-refractivity contribution is 7.91. The Bertz CT molecular complexity index is 233. The Morgan fingerprint density at radius 3 is 2.07 bits per heavy atom. The van der Waals surface area contributed by atoms with Crippen molar-refractivity contribution >= 4 is 9.84 Å².